The van der Waals surface area contributed by atoms with E-state index in [1.54, 1.807) is 14.1 Å². The molecule has 0 rings (SSSR count). The van der Waals surface area contributed by atoms with Gasteiger partial charge in [0.15, 0.2) is 0 Å². The van der Waals surface area contributed by atoms with Crippen LogP contribution in [0.3, 0.4) is 0 Å². The molecule has 0 aliphatic carbocycles. The number of rotatable bonds is 3. The van der Waals surface area contributed by atoms with Gasteiger partial charge >= 0.3 is 6.03 Å². The molecule has 2 amide bonds. The zero-order valence-electron chi connectivity index (χ0n) is 7.07. The largest absolute Gasteiger partial charge is 0.376 e. The fraction of sp³-hybridized carbons (Fsp3) is 0.833. The molecule has 0 radical (unpaired) electrons. The molecule has 0 spiro atoms. The van der Waals surface area contributed by atoms with E-state index >= 15 is 0 Å². The van der Waals surface area contributed by atoms with Crippen LogP contribution < -0.4 is 0 Å². The highest BCUT2D eigenvalue weighted by molar-refractivity contribution is 5.73. The number of nitrogens with zero attached hydrogens (tertiary/aromatic N) is 2. The Morgan fingerprint density at radius 3 is 2.36 bits per heavy atom. The lowest BCUT2D eigenvalue weighted by molar-refractivity contribution is 0.0234. The second-order valence-electron chi connectivity index (χ2n) is 2.28. The molecule has 0 heterocycles. The smallest absolute Gasteiger partial charge is 0.323 e. The minimum atomic E-state index is -0.329. The molecular formula is C6H14N2O3. The highest BCUT2D eigenvalue weighted by Crippen LogP contribution is 1.92. The van der Waals surface area contributed by atoms with Crippen molar-refractivity contribution in [2.24, 2.45) is 0 Å². The van der Waals surface area contributed by atoms with E-state index in [1.165, 1.54) is 16.9 Å². The predicted molar refractivity (Wildman–Crippen MR) is 39.9 cm³/mol. The quantitative estimate of drug-likeness (QED) is 0.570. The van der Waals surface area contributed by atoms with Gasteiger partial charge in [-0.2, -0.15) is 0 Å². The summed E-state index contributed by atoms with van der Waals surface area (Å²) in [5, 5.41) is 8.67. The van der Waals surface area contributed by atoms with Crippen LogP contribution in [0.2, 0.25) is 0 Å². The van der Waals surface area contributed by atoms with Gasteiger partial charge in [0.25, 0.3) is 0 Å². The molecule has 0 fully saturated rings. The van der Waals surface area contributed by atoms with Gasteiger partial charge in [0.2, 0.25) is 0 Å². The van der Waals surface area contributed by atoms with E-state index in [1.807, 2.05) is 0 Å². The summed E-state index contributed by atoms with van der Waals surface area (Å²) in [4.78, 5) is 13.6. The summed E-state index contributed by atoms with van der Waals surface area (Å²) in [6, 6.07) is -0.269. The van der Waals surface area contributed by atoms with Gasteiger partial charge in [-0.15, -0.1) is 0 Å². The van der Waals surface area contributed by atoms with Crippen molar-refractivity contribution in [1.29, 1.82) is 0 Å². The summed E-state index contributed by atoms with van der Waals surface area (Å²) >= 11 is 0. The van der Waals surface area contributed by atoms with Crippen LogP contribution in [0.1, 0.15) is 0 Å². The van der Waals surface area contributed by atoms with Crippen molar-refractivity contribution in [3.8, 4) is 0 Å². The monoisotopic (exact) mass is 162 g/mol. The third kappa shape index (κ3) is 3.20. The van der Waals surface area contributed by atoms with Gasteiger partial charge in [-0.05, 0) is 0 Å². The topological polar surface area (TPSA) is 53.0 Å². The molecule has 0 aliphatic rings. The third-order valence-electron chi connectivity index (χ3n) is 1.11. The van der Waals surface area contributed by atoms with Crippen LogP contribution in [0.4, 0.5) is 4.79 Å². The Morgan fingerprint density at radius 1 is 1.55 bits per heavy atom. The highest BCUT2D eigenvalue weighted by atomic mass is 16.5. The average Bonchev–Trinajstić information content (AvgIpc) is 1.98. The fourth-order valence-electron chi connectivity index (χ4n) is 0.595. The predicted octanol–water partition coefficient (Wildman–Crippen LogP) is -0.476. The van der Waals surface area contributed by atoms with Crippen molar-refractivity contribution < 1.29 is 14.6 Å². The minimum absolute atomic E-state index is 0.105. The van der Waals surface area contributed by atoms with Crippen molar-refractivity contribution in [2.75, 3.05) is 34.7 Å². The summed E-state index contributed by atoms with van der Waals surface area (Å²) in [6.45, 7) is -0.224. The number of aliphatic hydroxyl groups is 1. The zero-order chi connectivity index (χ0) is 8.85. The van der Waals surface area contributed by atoms with E-state index in [9.17, 15) is 4.79 Å². The van der Waals surface area contributed by atoms with Crippen molar-refractivity contribution in [3.63, 3.8) is 0 Å². The normalized spacial score (nSPS) is 9.45. The Labute approximate surface area is 66.2 Å². The number of aliphatic hydroxyl groups excluding tert-OH is 1. The lowest BCUT2D eigenvalue weighted by Gasteiger charge is -2.22. The molecule has 0 aromatic carbocycles. The van der Waals surface area contributed by atoms with Crippen LogP contribution in [-0.4, -0.2) is 55.6 Å². The minimum Gasteiger partial charge on any atom is -0.376 e. The molecule has 0 saturated heterocycles. The molecule has 5 nitrogen and oxygen atoms in total. The molecule has 0 bridgehead atoms. The van der Waals surface area contributed by atoms with Gasteiger partial charge in [-0.25, -0.2) is 4.79 Å². The van der Waals surface area contributed by atoms with E-state index in [4.69, 9.17) is 5.11 Å². The maximum Gasteiger partial charge on any atom is 0.323 e. The van der Waals surface area contributed by atoms with E-state index in [0.29, 0.717) is 0 Å². The van der Waals surface area contributed by atoms with Crippen LogP contribution in [0.25, 0.3) is 0 Å². The molecule has 5 heteroatoms. The molecule has 0 unspecified atom stereocenters. The van der Waals surface area contributed by atoms with Gasteiger partial charge < -0.3 is 14.7 Å². The van der Waals surface area contributed by atoms with Crippen LogP contribution in [0, 0.1) is 0 Å². The Balaban J connectivity index is 3.92. The maximum absolute atomic E-state index is 11.1. The number of hydrogen-bond donors (Lipinski definition) is 1. The molecular weight excluding hydrogens is 148 g/mol. The summed E-state index contributed by atoms with van der Waals surface area (Å²) in [7, 11) is 4.69. The van der Waals surface area contributed by atoms with Crippen molar-refractivity contribution in [3.05, 3.63) is 0 Å². The van der Waals surface area contributed by atoms with Crippen LogP contribution in [-0.2, 0) is 4.74 Å². The first kappa shape index (κ1) is 10.2. The summed E-state index contributed by atoms with van der Waals surface area (Å²) in [5.74, 6) is 0. The first-order chi connectivity index (χ1) is 5.13. The second-order valence-corrected chi connectivity index (χ2v) is 2.28. The molecule has 11 heavy (non-hydrogen) atoms. The Morgan fingerprint density at radius 2 is 2.09 bits per heavy atom. The lowest BCUT2D eigenvalue weighted by Crippen LogP contribution is -2.40. The number of carbonyl (C=O) groups excluding carboxylic acids is 1. The van der Waals surface area contributed by atoms with Crippen molar-refractivity contribution in [2.45, 2.75) is 0 Å². The zero-order valence-corrected chi connectivity index (χ0v) is 7.07. The molecule has 0 aromatic rings. The number of hydrogen-bond acceptors (Lipinski definition) is 3. The van der Waals surface area contributed by atoms with E-state index in [2.05, 4.69) is 4.74 Å². The average molecular weight is 162 g/mol. The van der Waals surface area contributed by atoms with Gasteiger partial charge in [0.1, 0.15) is 13.5 Å². The molecule has 66 valence electrons. The summed E-state index contributed by atoms with van der Waals surface area (Å²) in [5.41, 5.74) is 0. The SMILES string of the molecule is COCN(CO)C(=O)N(C)C. The van der Waals surface area contributed by atoms with E-state index < -0.39 is 0 Å². The maximum atomic E-state index is 11.1. The van der Waals surface area contributed by atoms with E-state index in [-0.39, 0.29) is 19.5 Å². The Kier molecular flexibility index (Phi) is 4.56. The van der Waals surface area contributed by atoms with Crippen LogP contribution in [0.15, 0.2) is 0 Å². The number of urea groups is 1. The first-order valence-electron chi connectivity index (χ1n) is 3.19. The molecule has 0 atom stereocenters. The highest BCUT2D eigenvalue weighted by Gasteiger charge is 2.12. The molecule has 0 saturated carbocycles. The Bertz CT molecular complexity index is 127. The van der Waals surface area contributed by atoms with Gasteiger partial charge in [-0.1, -0.05) is 0 Å². The fourth-order valence-corrected chi connectivity index (χ4v) is 0.595. The summed E-state index contributed by atoms with van der Waals surface area (Å²) in [6.07, 6.45) is 0. The molecule has 1 N–H and O–H groups in total. The van der Waals surface area contributed by atoms with Gasteiger partial charge in [0.05, 0.1) is 0 Å². The van der Waals surface area contributed by atoms with E-state index in [0.717, 1.165) is 0 Å². The van der Waals surface area contributed by atoms with Crippen molar-refractivity contribution in [1.82, 2.24) is 9.80 Å². The summed E-state index contributed by atoms with van der Waals surface area (Å²) < 4.78 is 4.68. The standard InChI is InChI=1S/C6H14N2O3/c1-7(2)6(10)8(4-9)5-11-3/h9H,4-5H2,1-3H3. The first-order valence-corrected chi connectivity index (χ1v) is 3.19. The number of carbonyl (C=O) groups is 1. The van der Waals surface area contributed by atoms with Crippen LogP contribution in [0.5, 0.6) is 0 Å². The second kappa shape index (κ2) is 4.92. The number of methoxy groups -OCH3 is 1. The Hall–Kier alpha value is -0.810. The molecule has 0 aromatic heterocycles. The van der Waals surface area contributed by atoms with Crippen LogP contribution >= 0.6 is 0 Å². The van der Waals surface area contributed by atoms with Crippen molar-refractivity contribution >= 4 is 6.03 Å². The molecule has 0 aliphatic heterocycles. The van der Waals surface area contributed by atoms with Gasteiger partial charge in [-0.3, -0.25) is 4.90 Å². The van der Waals surface area contributed by atoms with Gasteiger partial charge in [0, 0.05) is 21.2 Å². The number of ether oxygens (including phenoxy) is 1. The third-order valence-corrected chi connectivity index (χ3v) is 1.11. The lowest BCUT2D eigenvalue weighted by atomic mass is 10.7. The number of amides is 2.